The highest BCUT2D eigenvalue weighted by atomic mass is 32.2. The average molecular weight is 193 g/mol. The summed E-state index contributed by atoms with van der Waals surface area (Å²) in [5.74, 6) is 0. The normalized spacial score (nSPS) is 12.1. The van der Waals surface area contributed by atoms with Gasteiger partial charge in [0.25, 0.3) is 0 Å². The highest BCUT2D eigenvalue weighted by Gasteiger charge is 2.11. The molecule has 1 unspecified atom stereocenters. The van der Waals surface area contributed by atoms with Gasteiger partial charge in [-0.05, 0) is 0 Å². The molecule has 1 aromatic rings. The molecule has 0 fully saturated rings. The molecule has 1 aromatic heterocycles. The van der Waals surface area contributed by atoms with E-state index in [1.165, 1.54) is 12.5 Å². The Morgan fingerprint density at radius 2 is 2.50 bits per heavy atom. The largest absolute Gasteiger partial charge is 0.533 e. The van der Waals surface area contributed by atoms with E-state index in [0.717, 1.165) is 0 Å². The predicted molar refractivity (Wildman–Crippen MR) is 34.4 cm³/mol. The molecule has 0 radical (unpaired) electrons. The van der Waals surface area contributed by atoms with E-state index in [1.807, 2.05) is 0 Å². The number of hydrogen-bond donors (Lipinski definition) is 1. The molecule has 0 aliphatic heterocycles. The predicted octanol–water partition coefficient (Wildman–Crippen LogP) is 0.327. The number of carbonyl (C=O) groups excluding carboxylic acids is 1. The van der Waals surface area contributed by atoms with Crippen LogP contribution >= 0.6 is 0 Å². The molecule has 7 nitrogen and oxygen atoms in total. The summed E-state index contributed by atoms with van der Waals surface area (Å²) in [6.45, 7) is 0. The Kier molecular flexibility index (Phi) is 2.77. The van der Waals surface area contributed by atoms with Crippen molar-refractivity contribution in [1.82, 2.24) is 4.98 Å². The number of ether oxygens (including phenoxy) is 1. The van der Waals surface area contributed by atoms with Gasteiger partial charge >= 0.3 is 23.6 Å². The van der Waals surface area contributed by atoms with Crippen molar-refractivity contribution in [2.24, 2.45) is 0 Å². The third kappa shape index (κ3) is 2.68. The first-order valence-electron chi connectivity index (χ1n) is 2.59. The maximum absolute atomic E-state index is 10.4. The standard InChI is InChI=1S/C4H3NO6S/c6-4(11-12(7)8)10-3-5-1-2-9-3/h1-2H,(H,7,8). The third-order valence-corrected chi connectivity index (χ3v) is 0.998. The van der Waals surface area contributed by atoms with Crippen LogP contribution in [-0.4, -0.2) is 19.9 Å². The smallest absolute Gasteiger partial charge is 0.417 e. The Morgan fingerprint density at radius 1 is 1.75 bits per heavy atom. The van der Waals surface area contributed by atoms with Gasteiger partial charge in [0, 0.05) is 0 Å². The van der Waals surface area contributed by atoms with Crippen LogP contribution in [0.5, 0.6) is 6.08 Å². The number of rotatable bonds is 2. The highest BCUT2D eigenvalue weighted by Crippen LogP contribution is 2.05. The lowest BCUT2D eigenvalue weighted by molar-refractivity contribution is 0.138. The van der Waals surface area contributed by atoms with Gasteiger partial charge in [0.15, 0.2) is 0 Å². The van der Waals surface area contributed by atoms with Crippen LogP contribution in [0.15, 0.2) is 16.9 Å². The second-order valence-electron chi connectivity index (χ2n) is 1.45. The highest BCUT2D eigenvalue weighted by molar-refractivity contribution is 7.74. The minimum atomic E-state index is -2.70. The number of oxazole rings is 1. The first-order valence-corrected chi connectivity index (χ1v) is 3.62. The maximum Gasteiger partial charge on any atom is 0.533 e. The molecule has 0 saturated carbocycles. The van der Waals surface area contributed by atoms with Crippen LogP contribution in [0, 0.1) is 0 Å². The molecule has 0 aliphatic rings. The minimum Gasteiger partial charge on any atom is -0.417 e. The summed E-state index contributed by atoms with van der Waals surface area (Å²) >= 11 is -2.70. The van der Waals surface area contributed by atoms with E-state index in [0.29, 0.717) is 0 Å². The van der Waals surface area contributed by atoms with Crippen LogP contribution in [0.4, 0.5) is 4.79 Å². The van der Waals surface area contributed by atoms with Crippen LogP contribution in [0.25, 0.3) is 0 Å². The molecule has 1 atom stereocenters. The fourth-order valence-corrected chi connectivity index (χ4v) is 0.558. The van der Waals surface area contributed by atoms with Gasteiger partial charge in [0.1, 0.15) is 6.26 Å². The summed E-state index contributed by atoms with van der Waals surface area (Å²) in [4.78, 5) is 13.8. The summed E-state index contributed by atoms with van der Waals surface area (Å²) in [6, 6.07) is 0. The molecule has 66 valence electrons. The maximum atomic E-state index is 10.4. The molecule has 0 aromatic carbocycles. The van der Waals surface area contributed by atoms with Crippen molar-refractivity contribution in [3.05, 3.63) is 12.5 Å². The molecule has 0 spiro atoms. The van der Waals surface area contributed by atoms with E-state index in [4.69, 9.17) is 4.55 Å². The molecule has 12 heavy (non-hydrogen) atoms. The van der Waals surface area contributed by atoms with Gasteiger partial charge in [-0.3, -0.25) is 4.55 Å². The monoisotopic (exact) mass is 193 g/mol. The third-order valence-electron chi connectivity index (χ3n) is 0.720. The van der Waals surface area contributed by atoms with E-state index in [1.54, 1.807) is 0 Å². The Balaban J connectivity index is 2.42. The topological polar surface area (TPSA) is 98.9 Å². The molecule has 0 aliphatic carbocycles. The average Bonchev–Trinajstić information content (AvgIpc) is 2.37. The summed E-state index contributed by atoms with van der Waals surface area (Å²) in [5.41, 5.74) is 0. The first kappa shape index (κ1) is 8.68. The van der Waals surface area contributed by atoms with Gasteiger partial charge in [0.05, 0.1) is 6.20 Å². The zero-order valence-electron chi connectivity index (χ0n) is 5.50. The zero-order chi connectivity index (χ0) is 8.97. The Hall–Kier alpha value is -1.41. The van der Waals surface area contributed by atoms with Gasteiger partial charge < -0.3 is 13.3 Å². The van der Waals surface area contributed by atoms with Crippen molar-refractivity contribution >= 4 is 17.5 Å². The molecule has 1 N–H and O–H groups in total. The van der Waals surface area contributed by atoms with Crippen molar-refractivity contribution in [3.63, 3.8) is 0 Å². The van der Waals surface area contributed by atoms with E-state index in [9.17, 15) is 9.00 Å². The zero-order valence-corrected chi connectivity index (χ0v) is 6.32. The lowest BCUT2D eigenvalue weighted by Gasteiger charge is -1.95. The molecule has 8 heteroatoms. The lowest BCUT2D eigenvalue weighted by Crippen LogP contribution is -2.11. The van der Waals surface area contributed by atoms with Crippen molar-refractivity contribution in [2.45, 2.75) is 0 Å². The fraction of sp³-hybridized carbons (Fsp3) is 0. The number of aromatic nitrogens is 1. The van der Waals surface area contributed by atoms with Crippen LogP contribution in [-0.2, 0) is 15.5 Å². The summed E-state index contributed by atoms with van der Waals surface area (Å²) < 4.78 is 30.3. The SMILES string of the molecule is O=C(Oc1ncco1)OS(=O)O. The summed E-state index contributed by atoms with van der Waals surface area (Å²) in [6.07, 6.45) is 0.681. The van der Waals surface area contributed by atoms with Crippen molar-refractivity contribution in [1.29, 1.82) is 0 Å². The lowest BCUT2D eigenvalue weighted by atomic mass is 11.0. The van der Waals surface area contributed by atoms with Crippen LogP contribution in [0.1, 0.15) is 0 Å². The second-order valence-corrected chi connectivity index (χ2v) is 2.05. The quantitative estimate of drug-likeness (QED) is 0.533. The molecule has 1 heterocycles. The van der Waals surface area contributed by atoms with Gasteiger partial charge in [-0.1, -0.05) is 0 Å². The van der Waals surface area contributed by atoms with Crippen molar-refractivity contribution in [2.75, 3.05) is 0 Å². The summed E-state index contributed by atoms with van der Waals surface area (Å²) in [7, 11) is 0. The molecule has 1 rings (SSSR count). The Morgan fingerprint density at radius 3 is 3.00 bits per heavy atom. The minimum absolute atomic E-state index is 0.356. The van der Waals surface area contributed by atoms with E-state index >= 15 is 0 Å². The van der Waals surface area contributed by atoms with E-state index in [-0.39, 0.29) is 6.08 Å². The fourth-order valence-electron chi connectivity index (χ4n) is 0.407. The van der Waals surface area contributed by atoms with Gasteiger partial charge in [-0.2, -0.15) is 9.19 Å². The number of hydrogen-bond acceptors (Lipinski definition) is 6. The van der Waals surface area contributed by atoms with Crippen LogP contribution in [0.3, 0.4) is 0 Å². The van der Waals surface area contributed by atoms with Gasteiger partial charge in [-0.15, -0.1) is 0 Å². The molecule has 0 bridgehead atoms. The summed E-state index contributed by atoms with van der Waals surface area (Å²) in [5, 5.41) is 0. The second kappa shape index (κ2) is 3.83. The molecular formula is C4H3NO6S. The van der Waals surface area contributed by atoms with Crippen molar-refractivity contribution in [3.8, 4) is 6.08 Å². The molecular weight excluding hydrogens is 190 g/mol. The molecule has 0 saturated heterocycles. The van der Waals surface area contributed by atoms with E-state index in [2.05, 4.69) is 18.3 Å². The number of carbonyl (C=O) groups is 1. The Bertz CT molecular complexity index is 282. The van der Waals surface area contributed by atoms with Crippen molar-refractivity contribution < 1.29 is 26.9 Å². The van der Waals surface area contributed by atoms with Crippen LogP contribution in [0.2, 0.25) is 0 Å². The Labute approximate surface area is 68.8 Å². The molecule has 0 amide bonds. The number of nitrogens with zero attached hydrogens (tertiary/aromatic N) is 1. The first-order chi connectivity index (χ1) is 5.68. The van der Waals surface area contributed by atoms with Crippen LogP contribution < -0.4 is 4.74 Å². The van der Waals surface area contributed by atoms with Gasteiger partial charge in [-0.25, -0.2) is 4.79 Å². The van der Waals surface area contributed by atoms with Gasteiger partial charge in [0.2, 0.25) is 0 Å². The van der Waals surface area contributed by atoms with E-state index < -0.39 is 17.5 Å².